The van der Waals surface area contributed by atoms with E-state index in [4.69, 9.17) is 9.97 Å². The summed E-state index contributed by atoms with van der Waals surface area (Å²) in [6.45, 7) is 4.72. The van der Waals surface area contributed by atoms with Crippen molar-refractivity contribution in [1.82, 2.24) is 14.5 Å². The van der Waals surface area contributed by atoms with E-state index in [9.17, 15) is 0 Å². The van der Waals surface area contributed by atoms with Crippen molar-refractivity contribution in [3.8, 4) is 39.6 Å². The number of rotatable bonds is 3. The second kappa shape index (κ2) is 9.23. The Morgan fingerprint density at radius 1 is 0.500 bits per heavy atom. The second-order valence-corrected chi connectivity index (χ2v) is 12.3. The van der Waals surface area contributed by atoms with Crippen molar-refractivity contribution in [3.05, 3.63) is 151 Å². The minimum absolute atomic E-state index is 0.0881. The number of nitrogens with zero attached hydrogens (tertiary/aromatic N) is 3. The van der Waals surface area contributed by atoms with E-state index in [-0.39, 0.29) is 5.41 Å². The van der Waals surface area contributed by atoms with Crippen LogP contribution in [0.3, 0.4) is 0 Å². The molecule has 208 valence electrons. The molecule has 0 aliphatic heterocycles. The van der Waals surface area contributed by atoms with Crippen molar-refractivity contribution < 1.29 is 0 Å². The zero-order valence-corrected chi connectivity index (χ0v) is 24.6. The number of hydrogen-bond acceptors (Lipinski definition) is 2. The molecule has 0 fully saturated rings. The van der Waals surface area contributed by atoms with E-state index in [1.165, 1.54) is 43.8 Å². The summed E-state index contributed by atoms with van der Waals surface area (Å²) in [5.74, 6) is 0.671. The van der Waals surface area contributed by atoms with Gasteiger partial charge in [-0.2, -0.15) is 0 Å². The molecule has 0 spiro atoms. The molecule has 1 aliphatic carbocycles. The normalized spacial score (nSPS) is 13.4. The first kappa shape index (κ1) is 25.0. The Hall–Kier alpha value is -5.54. The van der Waals surface area contributed by atoms with Crippen LogP contribution in [0.5, 0.6) is 0 Å². The Balaban J connectivity index is 1.36. The molecule has 9 rings (SSSR count). The molecule has 0 radical (unpaired) electrons. The summed E-state index contributed by atoms with van der Waals surface area (Å²) in [5, 5.41) is 4.94. The lowest BCUT2D eigenvalue weighted by Crippen LogP contribution is -2.15. The van der Waals surface area contributed by atoms with E-state index in [0.29, 0.717) is 5.95 Å². The Kier molecular flexibility index (Phi) is 5.24. The Morgan fingerprint density at radius 2 is 1.14 bits per heavy atom. The SMILES string of the molecule is CC1(C)c2ccccc2-c2ccc3cc4c(cc3c21)c1ccccc1n4-c1nc(-c2ccccc2)cc(-c2ccccc2)n1. The van der Waals surface area contributed by atoms with Gasteiger partial charge in [-0.25, -0.2) is 9.97 Å². The van der Waals surface area contributed by atoms with Gasteiger partial charge >= 0.3 is 0 Å². The number of aromatic nitrogens is 3. The highest BCUT2D eigenvalue weighted by atomic mass is 15.2. The average Bonchev–Trinajstić information content (AvgIpc) is 3.52. The maximum Gasteiger partial charge on any atom is 0.235 e. The Morgan fingerprint density at radius 3 is 1.86 bits per heavy atom. The minimum atomic E-state index is -0.0881. The number of fused-ring (bicyclic) bond motifs is 8. The van der Waals surface area contributed by atoms with Crippen molar-refractivity contribution in [2.45, 2.75) is 19.3 Å². The predicted molar refractivity (Wildman–Crippen MR) is 182 cm³/mol. The number of hydrogen-bond donors (Lipinski definition) is 0. The quantitative estimate of drug-likeness (QED) is 0.214. The van der Waals surface area contributed by atoms with Gasteiger partial charge in [0, 0.05) is 27.3 Å². The molecule has 0 N–H and O–H groups in total. The van der Waals surface area contributed by atoms with Gasteiger partial charge in [-0.3, -0.25) is 4.57 Å². The van der Waals surface area contributed by atoms with Crippen LogP contribution in [0.4, 0.5) is 0 Å². The highest BCUT2D eigenvalue weighted by molar-refractivity contribution is 6.15. The van der Waals surface area contributed by atoms with Crippen LogP contribution < -0.4 is 0 Å². The summed E-state index contributed by atoms with van der Waals surface area (Å²) in [7, 11) is 0. The molecule has 44 heavy (non-hydrogen) atoms. The summed E-state index contributed by atoms with van der Waals surface area (Å²) in [6, 6.07) is 49.7. The van der Waals surface area contributed by atoms with Gasteiger partial charge < -0.3 is 0 Å². The van der Waals surface area contributed by atoms with Gasteiger partial charge in [-0.05, 0) is 57.3 Å². The third-order valence-electron chi connectivity index (χ3n) is 9.38. The molecule has 0 saturated heterocycles. The van der Waals surface area contributed by atoms with Crippen LogP contribution >= 0.6 is 0 Å². The van der Waals surface area contributed by atoms with Crippen molar-refractivity contribution in [2.75, 3.05) is 0 Å². The predicted octanol–water partition coefficient (Wildman–Crippen LogP) is 10.4. The number of para-hydroxylation sites is 1. The Bertz CT molecular complexity index is 2340. The summed E-state index contributed by atoms with van der Waals surface area (Å²) in [4.78, 5) is 10.4. The van der Waals surface area contributed by atoms with E-state index in [1.807, 2.05) is 12.1 Å². The lowest BCUT2D eigenvalue weighted by molar-refractivity contribution is 0.666. The first-order valence-corrected chi connectivity index (χ1v) is 15.2. The monoisotopic (exact) mass is 563 g/mol. The lowest BCUT2D eigenvalue weighted by atomic mass is 9.80. The summed E-state index contributed by atoms with van der Waals surface area (Å²) < 4.78 is 2.25. The van der Waals surface area contributed by atoms with E-state index in [0.717, 1.165) is 33.5 Å². The maximum atomic E-state index is 5.21. The smallest absolute Gasteiger partial charge is 0.235 e. The highest BCUT2D eigenvalue weighted by Crippen LogP contribution is 2.52. The first-order chi connectivity index (χ1) is 21.6. The van der Waals surface area contributed by atoms with Crippen LogP contribution in [0.2, 0.25) is 0 Å². The molecule has 0 unspecified atom stereocenters. The van der Waals surface area contributed by atoms with Gasteiger partial charge in [0.2, 0.25) is 5.95 Å². The zero-order chi connectivity index (χ0) is 29.4. The molecule has 6 aromatic carbocycles. The lowest BCUT2D eigenvalue weighted by Gasteiger charge is -2.23. The van der Waals surface area contributed by atoms with Gasteiger partial charge in [0.25, 0.3) is 0 Å². The van der Waals surface area contributed by atoms with Gasteiger partial charge in [-0.1, -0.05) is 129 Å². The van der Waals surface area contributed by atoms with Crippen molar-refractivity contribution in [3.63, 3.8) is 0 Å². The maximum absolute atomic E-state index is 5.21. The van der Waals surface area contributed by atoms with E-state index in [2.05, 4.69) is 146 Å². The highest BCUT2D eigenvalue weighted by Gasteiger charge is 2.36. The number of benzene rings is 6. The van der Waals surface area contributed by atoms with Crippen molar-refractivity contribution in [1.29, 1.82) is 0 Å². The molecule has 8 aromatic rings. The molecule has 1 aliphatic rings. The standard InChI is InChI=1S/C41H29N3/c1-41(2)34-19-11-9-17-29(34)31-22-21-28-23-38-33(24-32(28)39(31)41)30-18-10-12-20-37(30)44(38)40-42-35(26-13-5-3-6-14-26)25-36(43-40)27-15-7-4-8-16-27/h3-25H,1-2H3. The molecule has 0 saturated carbocycles. The van der Waals surface area contributed by atoms with Crippen molar-refractivity contribution in [2.24, 2.45) is 0 Å². The molecular formula is C41H29N3. The topological polar surface area (TPSA) is 30.7 Å². The fraction of sp³-hybridized carbons (Fsp3) is 0.0732. The van der Waals surface area contributed by atoms with E-state index >= 15 is 0 Å². The van der Waals surface area contributed by atoms with E-state index in [1.54, 1.807) is 0 Å². The second-order valence-electron chi connectivity index (χ2n) is 12.3. The third kappa shape index (κ3) is 3.56. The van der Waals surface area contributed by atoms with Crippen LogP contribution in [0.15, 0.2) is 140 Å². The fourth-order valence-electron chi connectivity index (χ4n) is 7.35. The van der Waals surface area contributed by atoms with Crippen LogP contribution in [0.1, 0.15) is 25.0 Å². The molecule has 2 aromatic heterocycles. The van der Waals surface area contributed by atoms with E-state index < -0.39 is 0 Å². The molecule has 0 atom stereocenters. The van der Waals surface area contributed by atoms with Gasteiger partial charge in [0.15, 0.2) is 0 Å². The molecule has 3 nitrogen and oxygen atoms in total. The Labute approximate surface area is 256 Å². The fourth-order valence-corrected chi connectivity index (χ4v) is 7.35. The zero-order valence-electron chi connectivity index (χ0n) is 24.6. The largest absolute Gasteiger partial charge is 0.278 e. The van der Waals surface area contributed by atoms with Crippen LogP contribution in [-0.2, 0) is 5.41 Å². The molecule has 0 bridgehead atoms. The van der Waals surface area contributed by atoms with Crippen LogP contribution in [0.25, 0.3) is 72.2 Å². The summed E-state index contributed by atoms with van der Waals surface area (Å²) in [6.07, 6.45) is 0. The van der Waals surface area contributed by atoms with Gasteiger partial charge in [0.05, 0.1) is 22.4 Å². The van der Waals surface area contributed by atoms with Gasteiger partial charge in [-0.15, -0.1) is 0 Å². The summed E-state index contributed by atoms with van der Waals surface area (Å²) >= 11 is 0. The van der Waals surface area contributed by atoms with Crippen LogP contribution in [0, 0.1) is 0 Å². The molecule has 0 amide bonds. The minimum Gasteiger partial charge on any atom is -0.278 e. The van der Waals surface area contributed by atoms with Crippen LogP contribution in [-0.4, -0.2) is 14.5 Å². The van der Waals surface area contributed by atoms with Crippen molar-refractivity contribution >= 4 is 32.6 Å². The van der Waals surface area contributed by atoms with Gasteiger partial charge in [0.1, 0.15) is 0 Å². The molecule has 2 heterocycles. The average molecular weight is 564 g/mol. The third-order valence-corrected chi connectivity index (χ3v) is 9.38. The molecule has 3 heteroatoms. The molecular weight excluding hydrogens is 534 g/mol. The summed E-state index contributed by atoms with van der Waals surface area (Å²) in [5.41, 5.74) is 11.5. The first-order valence-electron chi connectivity index (χ1n) is 15.2.